The third-order valence-corrected chi connectivity index (χ3v) is 3.91. The average molecular weight is 303 g/mol. The van der Waals surface area contributed by atoms with Crippen molar-refractivity contribution in [1.29, 1.82) is 0 Å². The zero-order valence-corrected chi connectivity index (χ0v) is 11.0. The van der Waals surface area contributed by atoms with Crippen LogP contribution in [0, 0.1) is 5.82 Å². The standard InChI is InChI=1S/C12H8ClFO4S/c13-9-5-8(14)2-1-7(9)6-19(17)11-4-3-10(18-11)12(15)16/h1-5H,6H2,(H,15,16). The second-order valence-electron chi connectivity index (χ2n) is 3.65. The Balaban J connectivity index is 2.18. The second kappa shape index (κ2) is 5.54. The molecule has 1 N–H and O–H groups in total. The van der Waals surface area contributed by atoms with E-state index in [4.69, 9.17) is 21.1 Å². The van der Waals surface area contributed by atoms with Crippen LogP contribution in [-0.2, 0) is 16.6 Å². The van der Waals surface area contributed by atoms with Crippen molar-refractivity contribution < 1.29 is 22.9 Å². The lowest BCUT2D eigenvalue weighted by molar-refractivity contribution is 0.0656. The van der Waals surface area contributed by atoms with Crippen molar-refractivity contribution in [2.45, 2.75) is 10.8 Å². The predicted octanol–water partition coefficient (Wildman–Crippen LogP) is 3.08. The van der Waals surface area contributed by atoms with Crippen molar-refractivity contribution >= 4 is 28.4 Å². The maximum Gasteiger partial charge on any atom is 0.371 e. The van der Waals surface area contributed by atoms with Gasteiger partial charge in [-0.15, -0.1) is 0 Å². The highest BCUT2D eigenvalue weighted by Crippen LogP contribution is 2.22. The molecule has 1 aromatic heterocycles. The Labute approximate surface area is 115 Å². The van der Waals surface area contributed by atoms with Gasteiger partial charge in [-0.05, 0) is 29.8 Å². The third-order valence-electron chi connectivity index (χ3n) is 2.32. The van der Waals surface area contributed by atoms with Gasteiger partial charge in [0.1, 0.15) is 5.82 Å². The van der Waals surface area contributed by atoms with Crippen molar-refractivity contribution in [3.05, 3.63) is 52.5 Å². The maximum absolute atomic E-state index is 12.9. The van der Waals surface area contributed by atoms with E-state index in [1.54, 1.807) is 0 Å². The minimum absolute atomic E-state index is 0.0195. The summed E-state index contributed by atoms with van der Waals surface area (Å²) >= 11 is 5.82. The normalized spacial score (nSPS) is 12.3. The molecule has 0 amide bonds. The molecule has 2 aromatic rings. The van der Waals surface area contributed by atoms with E-state index in [2.05, 4.69) is 0 Å². The Morgan fingerprint density at radius 1 is 1.37 bits per heavy atom. The molecule has 0 aliphatic carbocycles. The van der Waals surface area contributed by atoms with E-state index < -0.39 is 22.6 Å². The molecule has 1 aromatic carbocycles. The van der Waals surface area contributed by atoms with Crippen LogP contribution in [0.25, 0.3) is 0 Å². The van der Waals surface area contributed by atoms with Gasteiger partial charge in [-0.3, -0.25) is 4.21 Å². The molecule has 0 fully saturated rings. The van der Waals surface area contributed by atoms with E-state index in [-0.39, 0.29) is 21.6 Å². The van der Waals surface area contributed by atoms with Crippen LogP contribution in [0.2, 0.25) is 5.02 Å². The number of carboxylic acid groups (broad SMARTS) is 1. The Morgan fingerprint density at radius 2 is 2.11 bits per heavy atom. The number of halogens is 2. The van der Waals surface area contributed by atoms with Gasteiger partial charge < -0.3 is 9.52 Å². The van der Waals surface area contributed by atoms with Crippen LogP contribution in [-0.4, -0.2) is 15.3 Å². The Kier molecular flexibility index (Phi) is 4.01. The van der Waals surface area contributed by atoms with E-state index in [1.807, 2.05) is 0 Å². The maximum atomic E-state index is 12.9. The van der Waals surface area contributed by atoms with Crippen LogP contribution in [0.1, 0.15) is 16.1 Å². The Bertz CT molecular complexity index is 653. The predicted molar refractivity (Wildman–Crippen MR) is 67.2 cm³/mol. The molecule has 1 atom stereocenters. The third kappa shape index (κ3) is 3.21. The number of benzene rings is 1. The van der Waals surface area contributed by atoms with Crippen LogP contribution in [0.5, 0.6) is 0 Å². The molecule has 2 rings (SSSR count). The highest BCUT2D eigenvalue weighted by Gasteiger charge is 2.15. The summed E-state index contributed by atoms with van der Waals surface area (Å²) < 4.78 is 29.7. The fraction of sp³-hybridized carbons (Fsp3) is 0.0833. The fourth-order valence-electron chi connectivity index (χ4n) is 1.41. The summed E-state index contributed by atoms with van der Waals surface area (Å²) in [7, 11) is -1.58. The highest BCUT2D eigenvalue weighted by atomic mass is 35.5. The zero-order chi connectivity index (χ0) is 14.0. The van der Waals surface area contributed by atoms with Gasteiger partial charge in [0.25, 0.3) is 0 Å². The monoisotopic (exact) mass is 302 g/mol. The molecule has 19 heavy (non-hydrogen) atoms. The molecule has 0 saturated heterocycles. The lowest BCUT2D eigenvalue weighted by Crippen LogP contribution is -1.97. The Morgan fingerprint density at radius 3 is 2.68 bits per heavy atom. The van der Waals surface area contributed by atoms with Crippen molar-refractivity contribution in [1.82, 2.24) is 0 Å². The molecule has 0 bridgehead atoms. The summed E-state index contributed by atoms with van der Waals surface area (Å²) in [5.74, 6) is -1.98. The first-order valence-corrected chi connectivity index (χ1v) is 6.82. The first-order chi connectivity index (χ1) is 8.97. The quantitative estimate of drug-likeness (QED) is 0.942. The van der Waals surface area contributed by atoms with Gasteiger partial charge in [0.05, 0.1) is 16.6 Å². The number of rotatable bonds is 4. The highest BCUT2D eigenvalue weighted by molar-refractivity contribution is 7.84. The van der Waals surface area contributed by atoms with Gasteiger partial charge in [-0.1, -0.05) is 17.7 Å². The van der Waals surface area contributed by atoms with E-state index in [0.29, 0.717) is 5.56 Å². The van der Waals surface area contributed by atoms with Gasteiger partial charge in [0, 0.05) is 5.02 Å². The number of aromatic carboxylic acids is 1. The summed E-state index contributed by atoms with van der Waals surface area (Å²) in [6.07, 6.45) is 0. The summed E-state index contributed by atoms with van der Waals surface area (Å²) in [5, 5.41) is 8.89. The van der Waals surface area contributed by atoms with Crippen LogP contribution in [0.3, 0.4) is 0 Å². The second-order valence-corrected chi connectivity index (χ2v) is 5.44. The van der Waals surface area contributed by atoms with E-state index in [9.17, 15) is 13.4 Å². The van der Waals surface area contributed by atoms with Gasteiger partial charge in [0.15, 0.2) is 5.09 Å². The lowest BCUT2D eigenvalue weighted by Gasteiger charge is -2.02. The first-order valence-electron chi connectivity index (χ1n) is 5.13. The average Bonchev–Trinajstić information content (AvgIpc) is 2.82. The molecule has 0 radical (unpaired) electrons. The van der Waals surface area contributed by atoms with Crippen LogP contribution in [0.15, 0.2) is 39.8 Å². The fourth-order valence-corrected chi connectivity index (χ4v) is 2.80. The number of hydrogen-bond donors (Lipinski definition) is 1. The molecule has 7 heteroatoms. The molecular weight excluding hydrogens is 295 g/mol. The van der Waals surface area contributed by atoms with Crippen LogP contribution >= 0.6 is 11.6 Å². The minimum Gasteiger partial charge on any atom is -0.475 e. The van der Waals surface area contributed by atoms with Crippen molar-refractivity contribution in [3.8, 4) is 0 Å². The first kappa shape index (κ1) is 13.8. The number of carboxylic acids is 1. The molecule has 0 saturated carbocycles. The Hall–Kier alpha value is -1.66. The summed E-state index contributed by atoms with van der Waals surface area (Å²) in [5.41, 5.74) is 0.495. The summed E-state index contributed by atoms with van der Waals surface area (Å²) in [4.78, 5) is 10.6. The molecule has 0 aliphatic heterocycles. The van der Waals surface area contributed by atoms with Crippen LogP contribution in [0.4, 0.5) is 4.39 Å². The van der Waals surface area contributed by atoms with Crippen molar-refractivity contribution in [2.24, 2.45) is 0 Å². The van der Waals surface area contributed by atoms with Gasteiger partial charge >= 0.3 is 5.97 Å². The lowest BCUT2D eigenvalue weighted by atomic mass is 10.2. The molecule has 1 unspecified atom stereocenters. The molecule has 100 valence electrons. The van der Waals surface area contributed by atoms with Crippen LogP contribution < -0.4 is 0 Å². The van der Waals surface area contributed by atoms with Gasteiger partial charge in [0.2, 0.25) is 5.76 Å². The van der Waals surface area contributed by atoms with Gasteiger partial charge in [-0.25, -0.2) is 9.18 Å². The summed E-state index contributed by atoms with van der Waals surface area (Å²) in [6.45, 7) is 0. The number of carbonyl (C=O) groups is 1. The molecule has 0 spiro atoms. The number of hydrogen-bond acceptors (Lipinski definition) is 3. The van der Waals surface area contributed by atoms with Crippen molar-refractivity contribution in [2.75, 3.05) is 0 Å². The largest absolute Gasteiger partial charge is 0.475 e. The molecule has 0 aliphatic rings. The molecular formula is C12H8ClFO4S. The molecule has 4 nitrogen and oxygen atoms in total. The van der Waals surface area contributed by atoms with E-state index in [0.717, 1.165) is 6.07 Å². The van der Waals surface area contributed by atoms with Crippen molar-refractivity contribution in [3.63, 3.8) is 0 Å². The molecule has 1 heterocycles. The zero-order valence-electron chi connectivity index (χ0n) is 9.43. The summed E-state index contributed by atoms with van der Waals surface area (Å²) in [6, 6.07) is 6.32. The SMILES string of the molecule is O=C(O)c1ccc(S(=O)Cc2ccc(F)cc2Cl)o1. The number of furan rings is 1. The van der Waals surface area contributed by atoms with E-state index >= 15 is 0 Å². The van der Waals surface area contributed by atoms with E-state index in [1.165, 1.54) is 24.3 Å². The smallest absolute Gasteiger partial charge is 0.371 e. The topological polar surface area (TPSA) is 67.5 Å². The minimum atomic E-state index is -1.58. The van der Waals surface area contributed by atoms with Gasteiger partial charge in [-0.2, -0.15) is 0 Å².